The first-order chi connectivity index (χ1) is 8.20. The lowest BCUT2D eigenvalue weighted by molar-refractivity contribution is -0.138. The lowest BCUT2D eigenvalue weighted by atomic mass is 9.84. The van der Waals surface area contributed by atoms with Gasteiger partial charge in [0.15, 0.2) is 0 Å². The molecule has 18 heavy (non-hydrogen) atoms. The second kappa shape index (κ2) is 5.20. The zero-order valence-electron chi connectivity index (χ0n) is 11.1. The molecule has 100 valence electrons. The minimum absolute atomic E-state index is 0.109. The number of carboxylic acids is 1. The molecule has 0 fully saturated rings. The van der Waals surface area contributed by atoms with Gasteiger partial charge in [0.1, 0.15) is 5.69 Å². The van der Waals surface area contributed by atoms with E-state index in [1.165, 1.54) is 4.68 Å². The largest absolute Gasteiger partial charge is 0.481 e. The Kier molecular flexibility index (Phi) is 4.11. The number of hydrogen-bond donors (Lipinski definition) is 2. The molecule has 0 saturated carbocycles. The molecule has 1 aromatic heterocycles. The molecule has 6 heteroatoms. The predicted molar refractivity (Wildman–Crippen MR) is 66.2 cm³/mol. The normalized spacial score (nSPS) is 13.1. The van der Waals surface area contributed by atoms with Gasteiger partial charge in [-0.2, -0.15) is 5.10 Å². The SMILES string of the molecule is Cn1ccc(C(=O)NC(CC(=O)O)C(C)(C)C)n1. The molecular formula is C12H19N3O3. The van der Waals surface area contributed by atoms with Crippen molar-refractivity contribution in [2.45, 2.75) is 33.2 Å². The van der Waals surface area contributed by atoms with Gasteiger partial charge in [-0.3, -0.25) is 14.3 Å². The average molecular weight is 253 g/mol. The summed E-state index contributed by atoms with van der Waals surface area (Å²) in [5.74, 6) is -1.28. The lowest BCUT2D eigenvalue weighted by Gasteiger charge is -2.30. The Hall–Kier alpha value is -1.85. The van der Waals surface area contributed by atoms with Crippen molar-refractivity contribution >= 4 is 11.9 Å². The van der Waals surface area contributed by atoms with Crippen molar-refractivity contribution in [3.8, 4) is 0 Å². The molecule has 0 aliphatic heterocycles. The van der Waals surface area contributed by atoms with Crippen molar-refractivity contribution in [3.63, 3.8) is 0 Å². The molecule has 1 rings (SSSR count). The average Bonchev–Trinajstić information content (AvgIpc) is 2.61. The van der Waals surface area contributed by atoms with Crippen molar-refractivity contribution in [1.82, 2.24) is 15.1 Å². The first-order valence-electron chi connectivity index (χ1n) is 5.72. The third kappa shape index (κ3) is 3.87. The van der Waals surface area contributed by atoms with Crippen LogP contribution in [0, 0.1) is 5.41 Å². The fraction of sp³-hybridized carbons (Fsp3) is 0.583. The van der Waals surface area contributed by atoms with Gasteiger partial charge in [0.25, 0.3) is 5.91 Å². The zero-order chi connectivity index (χ0) is 13.9. The lowest BCUT2D eigenvalue weighted by Crippen LogP contribution is -2.45. The number of aliphatic carboxylic acids is 1. The Morgan fingerprint density at radius 2 is 2.11 bits per heavy atom. The first kappa shape index (κ1) is 14.2. The summed E-state index contributed by atoms with van der Waals surface area (Å²) in [4.78, 5) is 22.7. The number of carboxylic acid groups (broad SMARTS) is 1. The molecule has 1 amide bonds. The van der Waals surface area contributed by atoms with E-state index >= 15 is 0 Å². The summed E-state index contributed by atoms with van der Waals surface area (Å²) in [7, 11) is 1.72. The van der Waals surface area contributed by atoms with Crippen molar-refractivity contribution in [2.75, 3.05) is 0 Å². The van der Waals surface area contributed by atoms with Crippen LogP contribution in [0.2, 0.25) is 0 Å². The number of rotatable bonds is 4. The third-order valence-corrected chi connectivity index (χ3v) is 2.68. The molecule has 6 nitrogen and oxygen atoms in total. The maximum absolute atomic E-state index is 11.9. The van der Waals surface area contributed by atoms with Crippen molar-refractivity contribution in [1.29, 1.82) is 0 Å². The van der Waals surface area contributed by atoms with Gasteiger partial charge in [-0.15, -0.1) is 0 Å². The van der Waals surface area contributed by atoms with Crippen molar-refractivity contribution < 1.29 is 14.7 Å². The smallest absolute Gasteiger partial charge is 0.305 e. The number of carbonyl (C=O) groups excluding carboxylic acids is 1. The summed E-state index contributed by atoms with van der Waals surface area (Å²) in [6.07, 6.45) is 1.56. The van der Waals surface area contributed by atoms with Crippen molar-refractivity contribution in [3.05, 3.63) is 18.0 Å². The van der Waals surface area contributed by atoms with Crippen LogP contribution in [0.4, 0.5) is 0 Å². The van der Waals surface area contributed by atoms with E-state index in [4.69, 9.17) is 5.11 Å². The maximum Gasteiger partial charge on any atom is 0.305 e. The van der Waals surface area contributed by atoms with E-state index in [0.717, 1.165) is 0 Å². The van der Waals surface area contributed by atoms with Crippen LogP contribution in [0.1, 0.15) is 37.7 Å². The summed E-state index contributed by atoms with van der Waals surface area (Å²) in [5.41, 5.74) is -0.0415. The molecule has 0 bridgehead atoms. The van der Waals surface area contributed by atoms with Crippen molar-refractivity contribution in [2.24, 2.45) is 12.5 Å². The molecule has 0 radical (unpaired) electrons. The van der Waals surface area contributed by atoms with Crippen LogP contribution in [0.15, 0.2) is 12.3 Å². The second-order valence-corrected chi connectivity index (χ2v) is 5.36. The molecule has 2 N–H and O–H groups in total. The van der Waals surface area contributed by atoms with Gasteiger partial charge in [-0.25, -0.2) is 0 Å². The highest BCUT2D eigenvalue weighted by molar-refractivity contribution is 5.92. The number of hydrogen-bond acceptors (Lipinski definition) is 3. The fourth-order valence-corrected chi connectivity index (χ4v) is 1.52. The Balaban J connectivity index is 2.78. The number of nitrogens with zero attached hydrogens (tertiary/aromatic N) is 2. The minimum atomic E-state index is -0.934. The number of aromatic nitrogens is 2. The van der Waals surface area contributed by atoms with Crippen LogP contribution in [0.25, 0.3) is 0 Å². The summed E-state index contributed by atoms with van der Waals surface area (Å²) in [6.45, 7) is 5.66. The minimum Gasteiger partial charge on any atom is -0.481 e. The first-order valence-corrected chi connectivity index (χ1v) is 5.72. The molecule has 0 aromatic carbocycles. The van der Waals surface area contributed by atoms with Crippen LogP contribution in [0.3, 0.4) is 0 Å². The van der Waals surface area contributed by atoms with E-state index < -0.39 is 12.0 Å². The van der Waals surface area contributed by atoms with Crippen LogP contribution in [-0.2, 0) is 11.8 Å². The van der Waals surface area contributed by atoms with Gasteiger partial charge in [0, 0.05) is 19.3 Å². The molecule has 0 saturated heterocycles. The van der Waals surface area contributed by atoms with Crippen LogP contribution < -0.4 is 5.32 Å². The third-order valence-electron chi connectivity index (χ3n) is 2.68. The second-order valence-electron chi connectivity index (χ2n) is 5.36. The Bertz CT molecular complexity index is 446. The number of nitrogens with one attached hydrogen (secondary N) is 1. The van der Waals surface area contributed by atoms with E-state index in [1.54, 1.807) is 19.3 Å². The van der Waals surface area contributed by atoms with Gasteiger partial charge >= 0.3 is 5.97 Å². The standard InChI is InChI=1S/C12H19N3O3/c1-12(2,3)9(7-10(16)17)13-11(18)8-5-6-15(4)14-8/h5-6,9H,7H2,1-4H3,(H,13,18)(H,16,17). The Morgan fingerprint density at radius 1 is 1.50 bits per heavy atom. The van der Waals surface area contributed by atoms with Gasteiger partial charge in [0.05, 0.1) is 6.42 Å². The highest BCUT2D eigenvalue weighted by Crippen LogP contribution is 2.22. The van der Waals surface area contributed by atoms with Crippen LogP contribution in [0.5, 0.6) is 0 Å². The molecule has 1 aromatic rings. The number of aryl methyl sites for hydroxylation is 1. The molecule has 1 atom stereocenters. The monoisotopic (exact) mass is 253 g/mol. The molecule has 0 aliphatic carbocycles. The topological polar surface area (TPSA) is 84.2 Å². The van der Waals surface area contributed by atoms with E-state index in [9.17, 15) is 9.59 Å². The summed E-state index contributed by atoms with van der Waals surface area (Å²) in [5, 5.41) is 15.6. The highest BCUT2D eigenvalue weighted by Gasteiger charge is 2.29. The maximum atomic E-state index is 11.9. The van der Waals surface area contributed by atoms with E-state index in [2.05, 4.69) is 10.4 Å². The molecule has 1 unspecified atom stereocenters. The predicted octanol–water partition coefficient (Wildman–Crippen LogP) is 1.04. The molecule has 0 spiro atoms. The van der Waals surface area contributed by atoms with Crippen LogP contribution >= 0.6 is 0 Å². The Labute approximate surface area is 106 Å². The summed E-state index contributed by atoms with van der Waals surface area (Å²) >= 11 is 0. The molecule has 1 heterocycles. The van der Waals surface area contributed by atoms with E-state index in [0.29, 0.717) is 0 Å². The molecule has 0 aliphatic rings. The fourth-order valence-electron chi connectivity index (χ4n) is 1.52. The van der Waals surface area contributed by atoms with Gasteiger partial charge in [-0.1, -0.05) is 20.8 Å². The number of amides is 1. The van der Waals surface area contributed by atoms with E-state index in [1.807, 2.05) is 20.8 Å². The van der Waals surface area contributed by atoms with Crippen LogP contribution in [-0.4, -0.2) is 32.8 Å². The highest BCUT2D eigenvalue weighted by atomic mass is 16.4. The number of carbonyl (C=O) groups is 2. The summed E-state index contributed by atoms with van der Waals surface area (Å²) < 4.78 is 1.53. The molecular weight excluding hydrogens is 234 g/mol. The van der Waals surface area contributed by atoms with Gasteiger partial charge in [-0.05, 0) is 11.5 Å². The van der Waals surface area contributed by atoms with Gasteiger partial charge < -0.3 is 10.4 Å². The zero-order valence-corrected chi connectivity index (χ0v) is 11.1. The quantitative estimate of drug-likeness (QED) is 0.839. The Morgan fingerprint density at radius 3 is 2.50 bits per heavy atom. The summed E-state index contributed by atoms with van der Waals surface area (Å²) in [6, 6.07) is 1.15. The van der Waals surface area contributed by atoms with E-state index in [-0.39, 0.29) is 23.4 Å². The van der Waals surface area contributed by atoms with Gasteiger partial charge in [0.2, 0.25) is 0 Å².